The van der Waals surface area contributed by atoms with Gasteiger partial charge in [0, 0.05) is 16.9 Å². The molecule has 1 aromatic carbocycles. The molecule has 122 valence electrons. The van der Waals surface area contributed by atoms with Crippen molar-refractivity contribution in [2.24, 2.45) is 0 Å². The van der Waals surface area contributed by atoms with Gasteiger partial charge in [0.2, 0.25) is 0 Å². The summed E-state index contributed by atoms with van der Waals surface area (Å²) in [6.45, 7) is 3.24. The van der Waals surface area contributed by atoms with E-state index >= 15 is 0 Å². The van der Waals surface area contributed by atoms with Gasteiger partial charge < -0.3 is 10.1 Å². The third-order valence-corrected chi connectivity index (χ3v) is 4.84. The number of benzene rings is 1. The minimum Gasteiger partial charge on any atom is -0.406 e. The molecule has 0 spiro atoms. The summed E-state index contributed by atoms with van der Waals surface area (Å²) < 4.78 is 40.8. The Morgan fingerprint density at radius 2 is 1.96 bits per heavy atom. The lowest BCUT2D eigenvalue weighted by Crippen LogP contribution is -2.55. The minimum absolute atomic E-state index is 0.180. The van der Waals surface area contributed by atoms with Gasteiger partial charge >= 0.3 is 6.36 Å². The second-order valence-electron chi connectivity index (χ2n) is 5.81. The molecule has 0 fully saturated rings. The first-order chi connectivity index (χ1) is 10.6. The molecule has 1 amide bonds. The van der Waals surface area contributed by atoms with Crippen LogP contribution in [-0.4, -0.2) is 23.6 Å². The highest BCUT2D eigenvalue weighted by Crippen LogP contribution is 2.43. The zero-order valence-corrected chi connectivity index (χ0v) is 13.0. The Labute approximate surface area is 134 Å². The van der Waals surface area contributed by atoms with E-state index in [1.807, 2.05) is 0 Å². The molecule has 0 atom stereocenters. The molecular formula is C15H12F3NO3S. The summed E-state index contributed by atoms with van der Waals surface area (Å²) in [6, 6.07) is 3.92. The molecule has 0 aliphatic carbocycles. The van der Waals surface area contributed by atoms with Gasteiger partial charge in [0.05, 0.1) is 10.4 Å². The summed E-state index contributed by atoms with van der Waals surface area (Å²) in [5.74, 6) is -0.918. The van der Waals surface area contributed by atoms with Crippen LogP contribution in [0.15, 0.2) is 33.6 Å². The van der Waals surface area contributed by atoms with Gasteiger partial charge in [0.25, 0.3) is 5.91 Å². The van der Waals surface area contributed by atoms with Gasteiger partial charge in [-0.1, -0.05) is 17.8 Å². The molecule has 0 radical (unpaired) electrons. The Morgan fingerprint density at radius 3 is 2.61 bits per heavy atom. The normalized spacial score (nSPS) is 19.9. The molecule has 8 heteroatoms. The second-order valence-corrected chi connectivity index (χ2v) is 6.86. The van der Waals surface area contributed by atoms with E-state index in [-0.39, 0.29) is 28.8 Å². The Hall–Kier alpha value is -1.96. The zero-order valence-electron chi connectivity index (χ0n) is 12.2. The fraction of sp³-hybridized carbons (Fsp3) is 0.333. The van der Waals surface area contributed by atoms with Crippen LogP contribution < -0.4 is 10.1 Å². The fourth-order valence-electron chi connectivity index (χ4n) is 2.56. The number of ketones is 1. The number of ether oxygens (including phenoxy) is 1. The largest absolute Gasteiger partial charge is 0.573 e. The summed E-state index contributed by atoms with van der Waals surface area (Å²) in [6.07, 6.45) is -4.56. The third-order valence-electron chi connectivity index (χ3n) is 3.60. The second kappa shape index (κ2) is 5.02. The molecule has 1 aromatic rings. The smallest absolute Gasteiger partial charge is 0.406 e. The van der Waals surface area contributed by atoms with Gasteiger partial charge in [-0.25, -0.2) is 0 Å². The van der Waals surface area contributed by atoms with Crippen LogP contribution in [0.1, 0.15) is 19.4 Å². The van der Waals surface area contributed by atoms with Crippen molar-refractivity contribution in [2.75, 3.05) is 0 Å². The molecule has 2 heterocycles. The lowest BCUT2D eigenvalue weighted by molar-refractivity contribution is -0.274. The van der Waals surface area contributed by atoms with E-state index in [9.17, 15) is 22.8 Å². The van der Waals surface area contributed by atoms with E-state index in [0.29, 0.717) is 16.0 Å². The molecule has 3 rings (SSSR count). The summed E-state index contributed by atoms with van der Waals surface area (Å²) in [7, 11) is 0. The average molecular weight is 343 g/mol. The molecule has 4 nitrogen and oxygen atoms in total. The maximum Gasteiger partial charge on any atom is 0.573 e. The zero-order chi connectivity index (χ0) is 17.0. The molecule has 0 bridgehead atoms. The summed E-state index contributed by atoms with van der Waals surface area (Å²) in [5.41, 5.74) is 0.121. The van der Waals surface area contributed by atoms with Crippen molar-refractivity contribution >= 4 is 23.5 Å². The number of halogens is 3. The number of rotatable bonds is 1. The minimum atomic E-state index is -4.78. The van der Waals surface area contributed by atoms with Crippen molar-refractivity contribution in [1.29, 1.82) is 0 Å². The number of carbonyl (C=O) groups excluding carboxylic acids is 2. The third kappa shape index (κ3) is 2.95. The first-order valence-corrected chi connectivity index (χ1v) is 7.55. The number of carbonyl (C=O) groups is 2. The number of alkyl halides is 3. The molecule has 2 aliphatic rings. The van der Waals surface area contributed by atoms with E-state index in [1.54, 1.807) is 13.8 Å². The number of Topliss-reactive ketones (excluding diaryl/α,β-unsaturated/α-hetero) is 1. The van der Waals surface area contributed by atoms with Crippen molar-refractivity contribution < 1.29 is 27.5 Å². The number of thioether (sulfide) groups is 1. The highest BCUT2D eigenvalue weighted by molar-refractivity contribution is 8.04. The number of hydrogen-bond acceptors (Lipinski definition) is 4. The van der Waals surface area contributed by atoms with Crippen LogP contribution in [0.2, 0.25) is 0 Å². The Kier molecular flexibility index (Phi) is 3.47. The van der Waals surface area contributed by atoms with Crippen molar-refractivity contribution in [1.82, 2.24) is 5.32 Å². The highest BCUT2D eigenvalue weighted by atomic mass is 32.2. The molecule has 0 saturated heterocycles. The van der Waals surface area contributed by atoms with Crippen LogP contribution in [0.25, 0.3) is 0 Å². The van der Waals surface area contributed by atoms with Crippen molar-refractivity contribution in [3.63, 3.8) is 0 Å². The Balaban J connectivity index is 1.96. The molecule has 0 saturated carbocycles. The van der Waals surface area contributed by atoms with Gasteiger partial charge in [-0.05, 0) is 31.5 Å². The molecule has 2 aliphatic heterocycles. The van der Waals surface area contributed by atoms with Gasteiger partial charge in [-0.2, -0.15) is 0 Å². The maximum absolute atomic E-state index is 12.4. The summed E-state index contributed by atoms with van der Waals surface area (Å²) >= 11 is 0.993. The predicted octanol–water partition coefficient (Wildman–Crippen LogP) is 2.97. The number of amides is 1. The summed E-state index contributed by atoms with van der Waals surface area (Å²) in [5, 5.41) is 2.61. The van der Waals surface area contributed by atoms with Gasteiger partial charge in [-0.15, -0.1) is 13.2 Å². The molecule has 0 aromatic heterocycles. The van der Waals surface area contributed by atoms with E-state index in [2.05, 4.69) is 10.1 Å². The van der Waals surface area contributed by atoms with E-state index in [4.69, 9.17) is 0 Å². The topological polar surface area (TPSA) is 55.4 Å². The Morgan fingerprint density at radius 1 is 1.26 bits per heavy atom. The maximum atomic E-state index is 12.4. The van der Waals surface area contributed by atoms with Crippen molar-refractivity contribution in [3.8, 4) is 5.75 Å². The fourth-order valence-corrected chi connectivity index (χ4v) is 3.65. The predicted molar refractivity (Wildman–Crippen MR) is 76.9 cm³/mol. The van der Waals surface area contributed by atoms with Crippen molar-refractivity contribution in [2.45, 2.75) is 37.1 Å². The van der Waals surface area contributed by atoms with Gasteiger partial charge in [0.1, 0.15) is 5.75 Å². The Bertz CT molecular complexity index is 753. The number of hydrogen-bond donors (Lipinski definition) is 1. The highest BCUT2D eigenvalue weighted by Gasteiger charge is 2.42. The van der Waals surface area contributed by atoms with Crippen LogP contribution in [0.5, 0.6) is 5.75 Å². The molecule has 1 N–H and O–H groups in total. The van der Waals surface area contributed by atoms with Gasteiger partial charge in [0.15, 0.2) is 5.78 Å². The van der Waals surface area contributed by atoms with Crippen molar-refractivity contribution in [3.05, 3.63) is 34.2 Å². The van der Waals surface area contributed by atoms with Crippen LogP contribution in [0, 0.1) is 0 Å². The van der Waals surface area contributed by atoms with E-state index < -0.39 is 11.9 Å². The van der Waals surface area contributed by atoms with Crippen LogP contribution in [0.4, 0.5) is 13.2 Å². The standard InChI is InChI=1S/C15H12F3NO3S/c1-14(2)12(20)9-5-7-3-4-8(22-15(16,17)18)6-10(7)23-11(9)13(21)19-14/h3-4,6H,5H2,1-2H3,(H,19,21). The van der Waals surface area contributed by atoms with E-state index in [1.165, 1.54) is 18.2 Å². The lowest BCUT2D eigenvalue weighted by Gasteiger charge is -2.34. The molecule has 0 unspecified atom stereocenters. The summed E-state index contributed by atoms with van der Waals surface area (Å²) in [4.78, 5) is 25.3. The van der Waals surface area contributed by atoms with Crippen LogP contribution in [-0.2, 0) is 16.0 Å². The SMILES string of the molecule is CC1(C)NC(=O)C2=C(Cc3ccc(OC(F)(F)F)cc3S2)C1=O. The molecule has 23 heavy (non-hydrogen) atoms. The lowest BCUT2D eigenvalue weighted by atomic mass is 9.86. The van der Waals surface area contributed by atoms with Crippen LogP contribution >= 0.6 is 11.8 Å². The van der Waals surface area contributed by atoms with E-state index in [0.717, 1.165) is 11.8 Å². The van der Waals surface area contributed by atoms with Crippen LogP contribution in [0.3, 0.4) is 0 Å². The molecular weight excluding hydrogens is 331 g/mol. The van der Waals surface area contributed by atoms with Gasteiger partial charge in [-0.3, -0.25) is 9.59 Å². The monoisotopic (exact) mass is 343 g/mol. The first kappa shape index (κ1) is 15.9. The average Bonchev–Trinajstić information content (AvgIpc) is 2.41. The number of fused-ring (bicyclic) bond motifs is 1. The quantitative estimate of drug-likeness (QED) is 0.852. The number of nitrogens with one attached hydrogen (secondary N) is 1. The first-order valence-electron chi connectivity index (χ1n) is 6.74.